The van der Waals surface area contributed by atoms with Crippen LogP contribution in [0.4, 0.5) is 8.78 Å². The molecular formula is C33H40F2O5. The first kappa shape index (κ1) is 27.9. The Bertz CT molecular complexity index is 1330. The van der Waals surface area contributed by atoms with Gasteiger partial charge in [-0.15, -0.1) is 0 Å². The standard InChI is InChI=1S/C33H40F2O5/c1-18-8-7-9-19(12-18)28-39-27-15-21-22-14-24(34)23-13-20(36)10-11-30(23,5)32(22,35)25(37)17-31(21,6)33(27,40-28)26(38)16-29(2,3)4/h7-13,21-22,24-25,27-28,37H,14-17H2,1-6H3/t21-,22-,24-,25-,27+,28+,30-,31-,32-,33+/m0/s1. The number of aliphatic hydroxyl groups excluding tert-OH is 1. The zero-order chi connectivity index (χ0) is 29.0. The van der Waals surface area contributed by atoms with Gasteiger partial charge in [-0.3, -0.25) is 9.59 Å². The van der Waals surface area contributed by atoms with Gasteiger partial charge in [0.2, 0.25) is 0 Å². The zero-order valence-corrected chi connectivity index (χ0v) is 24.2. The van der Waals surface area contributed by atoms with Crippen LogP contribution in [0, 0.1) is 35.0 Å². The summed E-state index contributed by atoms with van der Waals surface area (Å²) in [6, 6.07) is 7.76. The minimum Gasteiger partial charge on any atom is -0.390 e. The Morgan fingerprint density at radius 1 is 1.18 bits per heavy atom. The summed E-state index contributed by atoms with van der Waals surface area (Å²) < 4.78 is 46.7. The predicted octanol–water partition coefficient (Wildman–Crippen LogP) is 6.08. The number of carbonyl (C=O) groups excluding carboxylic acids is 2. The van der Waals surface area contributed by atoms with Gasteiger partial charge in [-0.1, -0.05) is 63.6 Å². The number of ether oxygens (including phenoxy) is 2. The highest BCUT2D eigenvalue weighted by molar-refractivity contribution is 6.01. The molecule has 1 aromatic carbocycles. The average molecular weight is 555 g/mol. The molecular weight excluding hydrogens is 514 g/mol. The largest absolute Gasteiger partial charge is 0.390 e. The van der Waals surface area contributed by atoms with E-state index < -0.39 is 58.6 Å². The number of hydrogen-bond donors (Lipinski definition) is 1. The number of rotatable bonds is 3. The molecule has 1 heterocycles. The van der Waals surface area contributed by atoms with Crippen LogP contribution in [-0.4, -0.2) is 46.3 Å². The Hall–Kier alpha value is -2.22. The molecule has 4 fully saturated rings. The molecule has 0 bridgehead atoms. The van der Waals surface area contributed by atoms with Crippen LogP contribution in [0.3, 0.4) is 0 Å². The molecule has 0 aromatic heterocycles. The molecule has 0 amide bonds. The van der Waals surface area contributed by atoms with Gasteiger partial charge in [0, 0.05) is 28.7 Å². The number of alkyl halides is 2. The maximum atomic E-state index is 17.6. The summed E-state index contributed by atoms with van der Waals surface area (Å²) in [6.07, 6.45) is -0.244. The van der Waals surface area contributed by atoms with Gasteiger partial charge in [0.1, 0.15) is 6.17 Å². The molecule has 1 aliphatic heterocycles. The lowest BCUT2D eigenvalue weighted by Crippen LogP contribution is -2.70. The van der Waals surface area contributed by atoms with Crippen LogP contribution in [0.5, 0.6) is 0 Å². The first-order chi connectivity index (χ1) is 18.6. The SMILES string of the molecule is Cc1cccc([C@@H]2O[C@@H]3C[C@H]4[C@@H]5C[C@H](F)C6=CC(=O)C=C[C@]6(C)[C@@]5(F)[C@@H](O)C[C@]4(C)[C@]3(C(=O)CC(C)(C)C)O2)c1. The molecule has 0 unspecified atom stereocenters. The van der Waals surface area contributed by atoms with E-state index in [1.165, 1.54) is 18.2 Å². The van der Waals surface area contributed by atoms with Crippen molar-refractivity contribution >= 4 is 11.6 Å². The van der Waals surface area contributed by atoms with Gasteiger partial charge in [0.25, 0.3) is 0 Å². The Balaban J connectivity index is 1.46. The summed E-state index contributed by atoms with van der Waals surface area (Å²) >= 11 is 0. The van der Waals surface area contributed by atoms with Gasteiger partial charge in [-0.25, -0.2) is 8.78 Å². The van der Waals surface area contributed by atoms with Crippen molar-refractivity contribution in [3.05, 3.63) is 59.2 Å². The highest BCUT2D eigenvalue weighted by Crippen LogP contribution is 2.73. The number of halogens is 2. The molecule has 0 spiro atoms. The van der Waals surface area contributed by atoms with Crippen LogP contribution in [-0.2, 0) is 19.1 Å². The predicted molar refractivity (Wildman–Crippen MR) is 146 cm³/mol. The Morgan fingerprint density at radius 3 is 2.58 bits per heavy atom. The summed E-state index contributed by atoms with van der Waals surface area (Å²) in [6.45, 7) is 11.4. The fourth-order valence-corrected chi connectivity index (χ4v) is 9.03. The molecule has 5 aliphatic rings. The summed E-state index contributed by atoms with van der Waals surface area (Å²) in [4.78, 5) is 26.5. The van der Waals surface area contributed by atoms with E-state index in [4.69, 9.17) is 9.47 Å². The number of aryl methyl sites for hydroxylation is 1. The first-order valence-corrected chi connectivity index (χ1v) is 14.5. The summed E-state index contributed by atoms with van der Waals surface area (Å²) in [5.41, 5.74) is -4.52. The molecule has 216 valence electrons. The number of ketones is 2. The number of Topliss-reactive ketones (excluding diaryl/α,β-unsaturated/α-hetero) is 1. The maximum absolute atomic E-state index is 17.6. The van der Waals surface area contributed by atoms with Crippen LogP contribution in [0.2, 0.25) is 0 Å². The Kier molecular flexibility index (Phi) is 6.04. The van der Waals surface area contributed by atoms with Crippen molar-refractivity contribution in [1.82, 2.24) is 0 Å². The third kappa shape index (κ3) is 3.53. The van der Waals surface area contributed by atoms with E-state index in [2.05, 4.69) is 0 Å². The minimum atomic E-state index is -2.22. The van der Waals surface area contributed by atoms with Gasteiger partial charge < -0.3 is 14.6 Å². The zero-order valence-electron chi connectivity index (χ0n) is 24.2. The Morgan fingerprint density at radius 2 is 1.90 bits per heavy atom. The quantitative estimate of drug-likeness (QED) is 0.490. The van der Waals surface area contributed by atoms with E-state index in [9.17, 15) is 14.7 Å². The van der Waals surface area contributed by atoms with Gasteiger partial charge in [0.05, 0.1) is 12.2 Å². The maximum Gasteiger partial charge on any atom is 0.185 e. The third-order valence-electron chi connectivity index (χ3n) is 10.8. The number of carbonyl (C=O) groups is 2. The van der Waals surface area contributed by atoms with E-state index in [0.29, 0.717) is 6.42 Å². The molecule has 1 aromatic rings. The van der Waals surface area contributed by atoms with Crippen molar-refractivity contribution < 1.29 is 33.0 Å². The third-order valence-corrected chi connectivity index (χ3v) is 10.8. The number of benzene rings is 1. The molecule has 0 radical (unpaired) electrons. The number of fused-ring (bicyclic) bond motifs is 7. The highest BCUT2D eigenvalue weighted by Gasteiger charge is 2.80. The lowest BCUT2D eigenvalue weighted by atomic mass is 9.44. The van der Waals surface area contributed by atoms with Crippen molar-refractivity contribution in [2.75, 3.05) is 0 Å². The molecule has 10 atom stereocenters. The van der Waals surface area contributed by atoms with Crippen molar-refractivity contribution in [1.29, 1.82) is 0 Å². The second-order valence-corrected chi connectivity index (χ2v) is 14.5. The normalized spacial score (nSPS) is 45.8. The summed E-state index contributed by atoms with van der Waals surface area (Å²) in [5, 5.41) is 11.7. The molecule has 7 heteroatoms. The lowest BCUT2D eigenvalue weighted by molar-refractivity contribution is -0.235. The molecule has 3 saturated carbocycles. The van der Waals surface area contributed by atoms with Gasteiger partial charge >= 0.3 is 0 Å². The van der Waals surface area contributed by atoms with E-state index in [1.54, 1.807) is 6.92 Å². The van der Waals surface area contributed by atoms with Crippen LogP contribution >= 0.6 is 0 Å². The van der Waals surface area contributed by atoms with E-state index in [-0.39, 0.29) is 41.8 Å². The molecule has 4 aliphatic carbocycles. The van der Waals surface area contributed by atoms with Crippen molar-refractivity contribution in [2.45, 2.75) is 103 Å². The number of hydrogen-bond acceptors (Lipinski definition) is 5. The van der Waals surface area contributed by atoms with Gasteiger partial charge in [0.15, 0.2) is 29.1 Å². The summed E-state index contributed by atoms with van der Waals surface area (Å²) in [7, 11) is 0. The fourth-order valence-electron chi connectivity index (χ4n) is 9.03. The molecule has 1 N–H and O–H groups in total. The summed E-state index contributed by atoms with van der Waals surface area (Å²) in [5.74, 6) is -1.87. The van der Waals surface area contributed by atoms with E-state index in [1.807, 2.05) is 58.9 Å². The minimum absolute atomic E-state index is 0.0391. The van der Waals surface area contributed by atoms with E-state index >= 15 is 8.78 Å². The molecule has 1 saturated heterocycles. The van der Waals surface area contributed by atoms with Gasteiger partial charge in [-0.2, -0.15) is 0 Å². The smallest absolute Gasteiger partial charge is 0.185 e. The second kappa shape index (κ2) is 8.65. The van der Waals surface area contributed by atoms with Gasteiger partial charge in [-0.05, 0) is 62.2 Å². The highest BCUT2D eigenvalue weighted by atomic mass is 19.1. The average Bonchev–Trinajstić information content (AvgIpc) is 3.35. The molecule has 6 rings (SSSR count). The second-order valence-electron chi connectivity index (χ2n) is 14.5. The first-order valence-electron chi connectivity index (χ1n) is 14.5. The molecule has 5 nitrogen and oxygen atoms in total. The molecule has 40 heavy (non-hydrogen) atoms. The topological polar surface area (TPSA) is 72.8 Å². The monoisotopic (exact) mass is 554 g/mol. The Labute approximate surface area is 235 Å². The van der Waals surface area contributed by atoms with Crippen LogP contribution in [0.25, 0.3) is 0 Å². The van der Waals surface area contributed by atoms with Crippen molar-refractivity contribution in [3.63, 3.8) is 0 Å². The van der Waals surface area contributed by atoms with Crippen LogP contribution in [0.1, 0.15) is 77.7 Å². The lowest BCUT2D eigenvalue weighted by Gasteiger charge is -2.63. The number of aliphatic hydroxyl groups is 1. The fraction of sp³-hybridized carbons (Fsp3) is 0.636. The van der Waals surface area contributed by atoms with Crippen molar-refractivity contribution in [2.24, 2.45) is 28.1 Å². The van der Waals surface area contributed by atoms with E-state index in [0.717, 1.165) is 11.1 Å². The van der Waals surface area contributed by atoms with Crippen molar-refractivity contribution in [3.8, 4) is 0 Å². The van der Waals surface area contributed by atoms with Crippen LogP contribution in [0.15, 0.2) is 48.1 Å². The van der Waals surface area contributed by atoms with Crippen LogP contribution < -0.4 is 0 Å². The number of allylic oxidation sites excluding steroid dienone is 4.